The zero-order valence-corrected chi connectivity index (χ0v) is 9.34. The summed E-state index contributed by atoms with van der Waals surface area (Å²) in [6.45, 7) is 8.44. The van der Waals surface area contributed by atoms with E-state index in [2.05, 4.69) is 5.32 Å². The quantitative estimate of drug-likeness (QED) is 0.471. The second-order valence-corrected chi connectivity index (χ2v) is 3.06. The van der Waals surface area contributed by atoms with E-state index in [-0.39, 0.29) is 12.1 Å². The number of nitrogens with one attached hydrogen (secondary N) is 1. The van der Waals surface area contributed by atoms with Gasteiger partial charge in [-0.2, -0.15) is 0 Å². The molecule has 0 fully saturated rings. The average Bonchev–Trinajstić information content (AvgIpc) is 2.15. The molecule has 1 atom stereocenters. The molecule has 0 amide bonds. The van der Waals surface area contributed by atoms with Gasteiger partial charge in [-0.05, 0) is 20.4 Å². The molecule has 0 aromatic rings. The molecule has 0 bridgehead atoms. The molecule has 0 saturated carbocycles. The Labute approximate surface area is 86.0 Å². The Hall–Kier alpha value is -0.610. The Balaban J connectivity index is 3.40. The van der Waals surface area contributed by atoms with Crippen molar-refractivity contribution in [2.75, 3.05) is 26.3 Å². The van der Waals surface area contributed by atoms with Crippen molar-refractivity contribution >= 4 is 5.97 Å². The summed E-state index contributed by atoms with van der Waals surface area (Å²) in [5, 5.41) is 3.06. The molecule has 1 N–H and O–H groups in total. The minimum atomic E-state index is -0.168. The van der Waals surface area contributed by atoms with Crippen LogP contribution in [0.3, 0.4) is 0 Å². The Morgan fingerprint density at radius 3 is 2.71 bits per heavy atom. The highest BCUT2D eigenvalue weighted by Crippen LogP contribution is 1.95. The molecular weight excluding hydrogens is 182 g/mol. The lowest BCUT2D eigenvalue weighted by atomic mass is 10.4. The fraction of sp³-hybridized carbons (Fsp3) is 0.900. The monoisotopic (exact) mass is 203 g/mol. The first-order chi connectivity index (χ1) is 6.70. The summed E-state index contributed by atoms with van der Waals surface area (Å²) in [4.78, 5) is 11.2. The number of ether oxygens (including phenoxy) is 2. The molecule has 1 unspecified atom stereocenters. The molecule has 14 heavy (non-hydrogen) atoms. The highest BCUT2D eigenvalue weighted by atomic mass is 16.6. The zero-order chi connectivity index (χ0) is 10.8. The normalized spacial score (nSPS) is 12.5. The van der Waals surface area contributed by atoms with Crippen LogP contribution in [0.25, 0.3) is 0 Å². The molecule has 0 radical (unpaired) electrons. The standard InChI is InChI=1S/C10H21NO3/c1-4-11-7-6-10(12)14-9(3)8-13-5-2/h9,11H,4-8H2,1-3H3. The first kappa shape index (κ1) is 13.4. The summed E-state index contributed by atoms with van der Waals surface area (Å²) in [6, 6.07) is 0. The second kappa shape index (κ2) is 8.97. The second-order valence-electron chi connectivity index (χ2n) is 3.06. The van der Waals surface area contributed by atoms with Gasteiger partial charge in [-0.25, -0.2) is 0 Å². The minimum absolute atomic E-state index is 0.149. The van der Waals surface area contributed by atoms with Crippen molar-refractivity contribution in [2.24, 2.45) is 0 Å². The summed E-state index contributed by atoms with van der Waals surface area (Å²) in [6.07, 6.45) is 0.272. The Bertz CT molecular complexity index is 150. The number of carbonyl (C=O) groups excluding carboxylic acids is 1. The highest BCUT2D eigenvalue weighted by Gasteiger charge is 2.08. The molecule has 84 valence electrons. The smallest absolute Gasteiger partial charge is 0.307 e. The van der Waals surface area contributed by atoms with Gasteiger partial charge < -0.3 is 14.8 Å². The molecule has 4 nitrogen and oxygen atoms in total. The van der Waals surface area contributed by atoms with Crippen LogP contribution < -0.4 is 5.32 Å². The lowest BCUT2D eigenvalue weighted by Crippen LogP contribution is -2.24. The third kappa shape index (κ3) is 8.01. The fourth-order valence-electron chi connectivity index (χ4n) is 0.968. The van der Waals surface area contributed by atoms with Crippen LogP contribution in [0.15, 0.2) is 0 Å². The number of rotatable bonds is 8. The molecule has 0 heterocycles. The maximum Gasteiger partial charge on any atom is 0.307 e. The van der Waals surface area contributed by atoms with Crippen LogP contribution >= 0.6 is 0 Å². The Morgan fingerprint density at radius 1 is 1.43 bits per heavy atom. The van der Waals surface area contributed by atoms with Crippen molar-refractivity contribution < 1.29 is 14.3 Å². The molecule has 0 aliphatic carbocycles. The van der Waals surface area contributed by atoms with Gasteiger partial charge in [0.1, 0.15) is 6.10 Å². The van der Waals surface area contributed by atoms with Gasteiger partial charge in [0.15, 0.2) is 0 Å². The van der Waals surface area contributed by atoms with Crippen molar-refractivity contribution in [2.45, 2.75) is 33.3 Å². The minimum Gasteiger partial charge on any atom is -0.460 e. The number of hydrogen-bond acceptors (Lipinski definition) is 4. The average molecular weight is 203 g/mol. The lowest BCUT2D eigenvalue weighted by molar-refractivity contribution is -0.150. The van der Waals surface area contributed by atoms with Crippen LogP contribution in [0.1, 0.15) is 27.2 Å². The van der Waals surface area contributed by atoms with Gasteiger partial charge in [0.2, 0.25) is 0 Å². The summed E-state index contributed by atoms with van der Waals surface area (Å²) >= 11 is 0. The van der Waals surface area contributed by atoms with E-state index in [9.17, 15) is 4.79 Å². The first-order valence-corrected chi connectivity index (χ1v) is 5.18. The molecule has 0 saturated heterocycles. The van der Waals surface area contributed by atoms with E-state index in [0.717, 1.165) is 6.54 Å². The third-order valence-electron chi connectivity index (χ3n) is 1.65. The molecule has 0 aromatic carbocycles. The molecular formula is C10H21NO3. The number of carbonyl (C=O) groups is 1. The van der Waals surface area contributed by atoms with Gasteiger partial charge in [0.25, 0.3) is 0 Å². The third-order valence-corrected chi connectivity index (χ3v) is 1.65. The molecule has 0 aliphatic rings. The zero-order valence-electron chi connectivity index (χ0n) is 9.34. The first-order valence-electron chi connectivity index (χ1n) is 5.18. The highest BCUT2D eigenvalue weighted by molar-refractivity contribution is 5.69. The van der Waals surface area contributed by atoms with Gasteiger partial charge in [-0.1, -0.05) is 6.92 Å². The van der Waals surface area contributed by atoms with E-state index in [1.165, 1.54) is 0 Å². The predicted molar refractivity (Wildman–Crippen MR) is 55.2 cm³/mol. The van der Waals surface area contributed by atoms with Crippen molar-refractivity contribution in [3.8, 4) is 0 Å². The maximum atomic E-state index is 11.2. The SMILES string of the molecule is CCNCCC(=O)OC(C)COCC. The molecule has 0 aromatic heterocycles. The van der Waals surface area contributed by atoms with E-state index < -0.39 is 0 Å². The summed E-state index contributed by atoms with van der Waals surface area (Å²) in [7, 11) is 0. The lowest BCUT2D eigenvalue weighted by Gasteiger charge is -2.12. The van der Waals surface area contributed by atoms with Crippen LogP contribution in [-0.4, -0.2) is 38.4 Å². The van der Waals surface area contributed by atoms with Crippen molar-refractivity contribution in [1.29, 1.82) is 0 Å². The van der Waals surface area contributed by atoms with Gasteiger partial charge in [0.05, 0.1) is 13.0 Å². The van der Waals surface area contributed by atoms with Crippen molar-refractivity contribution in [3.05, 3.63) is 0 Å². The fourth-order valence-corrected chi connectivity index (χ4v) is 0.968. The van der Waals surface area contributed by atoms with Crippen LogP contribution in [0, 0.1) is 0 Å². The summed E-state index contributed by atoms with van der Waals surface area (Å²) in [5.41, 5.74) is 0. The Kier molecular flexibility index (Phi) is 8.57. The van der Waals surface area contributed by atoms with Crippen molar-refractivity contribution in [1.82, 2.24) is 5.32 Å². The molecule has 0 aliphatic heterocycles. The van der Waals surface area contributed by atoms with Gasteiger partial charge >= 0.3 is 5.97 Å². The van der Waals surface area contributed by atoms with Crippen LogP contribution in [0.5, 0.6) is 0 Å². The van der Waals surface area contributed by atoms with E-state index in [4.69, 9.17) is 9.47 Å². The molecule has 0 rings (SSSR count). The van der Waals surface area contributed by atoms with Gasteiger partial charge in [0, 0.05) is 13.2 Å². The molecule has 0 spiro atoms. The van der Waals surface area contributed by atoms with E-state index in [1.807, 2.05) is 20.8 Å². The molecule has 4 heteroatoms. The van der Waals surface area contributed by atoms with Gasteiger partial charge in [-0.3, -0.25) is 4.79 Å². The summed E-state index contributed by atoms with van der Waals surface area (Å²) in [5.74, 6) is -0.168. The predicted octanol–water partition coefficient (Wildman–Crippen LogP) is 0.954. The van der Waals surface area contributed by atoms with E-state index in [0.29, 0.717) is 26.2 Å². The topological polar surface area (TPSA) is 47.6 Å². The summed E-state index contributed by atoms with van der Waals surface area (Å²) < 4.78 is 10.2. The van der Waals surface area contributed by atoms with E-state index in [1.54, 1.807) is 0 Å². The maximum absolute atomic E-state index is 11.2. The largest absolute Gasteiger partial charge is 0.460 e. The number of esters is 1. The van der Waals surface area contributed by atoms with Gasteiger partial charge in [-0.15, -0.1) is 0 Å². The van der Waals surface area contributed by atoms with Crippen molar-refractivity contribution in [3.63, 3.8) is 0 Å². The Morgan fingerprint density at radius 2 is 2.14 bits per heavy atom. The van der Waals surface area contributed by atoms with E-state index >= 15 is 0 Å². The van der Waals surface area contributed by atoms with Crippen LogP contribution in [0.4, 0.5) is 0 Å². The van der Waals surface area contributed by atoms with Crippen LogP contribution in [-0.2, 0) is 14.3 Å². The van der Waals surface area contributed by atoms with Crippen LogP contribution in [0.2, 0.25) is 0 Å². The number of hydrogen-bond donors (Lipinski definition) is 1.